The Hall–Kier alpha value is -1.51. The number of hydrogen-bond acceptors (Lipinski definition) is 7. The molecule has 0 spiro atoms. The predicted molar refractivity (Wildman–Crippen MR) is 248 cm³/mol. The Morgan fingerprint density at radius 3 is 1.39 bits per heavy atom. The largest absolute Gasteiger partial charge is 0.472 e. The summed E-state index contributed by atoms with van der Waals surface area (Å²) in [6.07, 6.45) is 51.1. The summed E-state index contributed by atoms with van der Waals surface area (Å²) in [7, 11) is -4.42. The number of allylic oxidation sites excluding steroid dienone is 4. The summed E-state index contributed by atoms with van der Waals surface area (Å²) >= 11 is 0. The lowest BCUT2D eigenvalue weighted by molar-refractivity contribution is -0.147. The highest BCUT2D eigenvalue weighted by molar-refractivity contribution is 7.47. The number of phosphoric ester groups is 1. The van der Waals surface area contributed by atoms with Gasteiger partial charge in [-0.2, -0.15) is 0 Å². The average molecular weight is 856 g/mol. The molecule has 0 aliphatic carbocycles. The second kappa shape index (κ2) is 46.0. The normalized spacial score (nSPS) is 13.4. The van der Waals surface area contributed by atoms with Crippen molar-refractivity contribution in [2.24, 2.45) is 0 Å². The molecule has 348 valence electrons. The molecule has 9 nitrogen and oxygen atoms in total. The highest BCUT2D eigenvalue weighted by atomic mass is 31.2. The first-order chi connectivity index (χ1) is 28.8. The van der Waals surface area contributed by atoms with Crippen molar-refractivity contribution in [3.8, 4) is 0 Å². The summed E-state index contributed by atoms with van der Waals surface area (Å²) in [6, 6.07) is 0. The SMILES string of the molecule is CCCCC/C=C\C/C=C\CCCCCCCCCC(=O)NCCOP(=O)(O)OCC(O)COC(=O)CCCCCCCCCCCCCCCCCCCCCCC. The molecule has 3 N–H and O–H groups in total. The van der Waals surface area contributed by atoms with Gasteiger partial charge in [0.25, 0.3) is 0 Å². The number of aliphatic hydroxyl groups is 1. The van der Waals surface area contributed by atoms with E-state index in [0.717, 1.165) is 51.4 Å². The number of phosphoric acid groups is 1. The minimum atomic E-state index is -4.42. The Morgan fingerprint density at radius 1 is 0.525 bits per heavy atom. The number of carbonyl (C=O) groups excluding carboxylic acids is 2. The first-order valence-corrected chi connectivity index (χ1v) is 26.3. The molecule has 1 amide bonds. The maximum Gasteiger partial charge on any atom is 0.472 e. The van der Waals surface area contributed by atoms with Crippen LogP contribution in [0.3, 0.4) is 0 Å². The molecular weight excluding hydrogens is 762 g/mol. The van der Waals surface area contributed by atoms with E-state index in [0.29, 0.717) is 6.42 Å². The molecule has 0 aromatic heterocycles. The Balaban J connectivity index is 3.54. The van der Waals surface area contributed by atoms with Crippen molar-refractivity contribution in [1.82, 2.24) is 5.32 Å². The van der Waals surface area contributed by atoms with Crippen LogP contribution in [0.15, 0.2) is 24.3 Å². The van der Waals surface area contributed by atoms with Crippen molar-refractivity contribution in [3.63, 3.8) is 0 Å². The minimum Gasteiger partial charge on any atom is -0.463 e. The number of carbonyl (C=O) groups is 2. The van der Waals surface area contributed by atoms with Crippen LogP contribution in [0.4, 0.5) is 0 Å². The lowest BCUT2D eigenvalue weighted by Gasteiger charge is -2.15. The topological polar surface area (TPSA) is 131 Å². The second-order valence-corrected chi connectivity index (χ2v) is 18.2. The maximum atomic E-state index is 12.1. The molecule has 2 atom stereocenters. The van der Waals surface area contributed by atoms with E-state index in [9.17, 15) is 24.2 Å². The molecule has 0 bridgehead atoms. The quantitative estimate of drug-likeness (QED) is 0.0239. The molecule has 2 unspecified atom stereocenters. The van der Waals surface area contributed by atoms with Gasteiger partial charge in [0.05, 0.1) is 13.2 Å². The van der Waals surface area contributed by atoms with Crippen LogP contribution in [0.2, 0.25) is 0 Å². The van der Waals surface area contributed by atoms with Crippen LogP contribution in [-0.2, 0) is 27.9 Å². The van der Waals surface area contributed by atoms with Gasteiger partial charge in [0.2, 0.25) is 5.91 Å². The number of hydrogen-bond donors (Lipinski definition) is 3. The molecule has 0 saturated heterocycles. The van der Waals surface area contributed by atoms with Gasteiger partial charge < -0.3 is 20.1 Å². The number of esters is 1. The minimum absolute atomic E-state index is 0.0795. The highest BCUT2D eigenvalue weighted by Gasteiger charge is 2.23. The van der Waals surface area contributed by atoms with Crippen LogP contribution in [0.1, 0.15) is 245 Å². The third kappa shape index (κ3) is 47.4. The Bertz CT molecular complexity index is 1020. The standard InChI is InChI=1S/C49H94NO8P/c1-3-5-7-9-11-13-15-17-19-21-22-23-24-26-28-30-32-34-36-38-40-42-49(53)56-45-47(51)46-58-59(54,55)57-44-43-50-48(52)41-39-37-35-33-31-29-27-25-20-18-16-14-12-10-8-6-4-2/h12,14,18,20,47,51H,3-11,13,15-17,19,21-46H2,1-2H3,(H,50,52)(H,54,55)/b14-12-,20-18-. The van der Waals surface area contributed by atoms with Crippen molar-refractivity contribution >= 4 is 19.7 Å². The molecule has 0 rings (SSSR count). The van der Waals surface area contributed by atoms with E-state index >= 15 is 0 Å². The van der Waals surface area contributed by atoms with Gasteiger partial charge in [0.1, 0.15) is 12.7 Å². The van der Waals surface area contributed by atoms with Gasteiger partial charge in [-0.05, 0) is 44.9 Å². The van der Waals surface area contributed by atoms with E-state index in [4.69, 9.17) is 13.8 Å². The smallest absolute Gasteiger partial charge is 0.463 e. The van der Waals surface area contributed by atoms with Crippen molar-refractivity contribution in [2.45, 2.75) is 251 Å². The zero-order valence-corrected chi connectivity index (χ0v) is 39.4. The van der Waals surface area contributed by atoms with Crippen LogP contribution in [0.5, 0.6) is 0 Å². The molecule has 0 saturated carbocycles. The first-order valence-electron chi connectivity index (χ1n) is 24.8. The fraction of sp³-hybridized carbons (Fsp3) is 0.878. The monoisotopic (exact) mass is 856 g/mol. The fourth-order valence-electron chi connectivity index (χ4n) is 7.12. The zero-order valence-electron chi connectivity index (χ0n) is 38.5. The Kier molecular flexibility index (Phi) is 44.8. The van der Waals surface area contributed by atoms with Crippen molar-refractivity contribution in [1.29, 1.82) is 0 Å². The molecule has 0 aromatic rings. The summed E-state index contributed by atoms with van der Waals surface area (Å²) in [6.45, 7) is 3.56. The molecule has 10 heteroatoms. The molecule has 0 aliphatic rings. The average Bonchev–Trinajstić information content (AvgIpc) is 3.22. The molecular formula is C49H94NO8P. The van der Waals surface area contributed by atoms with Crippen LogP contribution in [0.25, 0.3) is 0 Å². The van der Waals surface area contributed by atoms with Gasteiger partial charge >= 0.3 is 13.8 Å². The van der Waals surface area contributed by atoms with Gasteiger partial charge in [-0.1, -0.05) is 212 Å². The van der Waals surface area contributed by atoms with Crippen LogP contribution in [-0.4, -0.2) is 54.3 Å². The summed E-state index contributed by atoms with van der Waals surface area (Å²) in [5.41, 5.74) is 0. The van der Waals surface area contributed by atoms with Gasteiger partial charge in [-0.25, -0.2) is 4.57 Å². The van der Waals surface area contributed by atoms with E-state index in [2.05, 4.69) is 43.5 Å². The molecule has 0 fully saturated rings. The first kappa shape index (κ1) is 57.5. The van der Waals surface area contributed by atoms with Gasteiger partial charge in [0, 0.05) is 19.4 Å². The third-order valence-corrected chi connectivity index (χ3v) is 11.9. The number of nitrogens with one attached hydrogen (secondary N) is 1. The number of amides is 1. The predicted octanol–water partition coefficient (Wildman–Crippen LogP) is 14.3. The van der Waals surface area contributed by atoms with E-state index in [1.165, 1.54) is 167 Å². The van der Waals surface area contributed by atoms with Gasteiger partial charge in [0.15, 0.2) is 0 Å². The zero-order chi connectivity index (χ0) is 43.2. The van der Waals surface area contributed by atoms with E-state index in [1.54, 1.807) is 0 Å². The van der Waals surface area contributed by atoms with Crippen molar-refractivity contribution in [3.05, 3.63) is 24.3 Å². The Labute approximate surface area is 363 Å². The molecule has 0 radical (unpaired) electrons. The summed E-state index contributed by atoms with van der Waals surface area (Å²) in [4.78, 5) is 34.0. The van der Waals surface area contributed by atoms with Crippen molar-refractivity contribution < 1.29 is 37.9 Å². The molecule has 0 aliphatic heterocycles. The van der Waals surface area contributed by atoms with E-state index < -0.39 is 26.5 Å². The molecule has 0 aromatic carbocycles. The maximum absolute atomic E-state index is 12.1. The number of unbranched alkanes of at least 4 members (excludes halogenated alkanes) is 30. The number of rotatable bonds is 47. The van der Waals surface area contributed by atoms with Crippen molar-refractivity contribution in [2.75, 3.05) is 26.4 Å². The van der Waals surface area contributed by atoms with Gasteiger partial charge in [-0.3, -0.25) is 18.6 Å². The molecule has 0 heterocycles. The Morgan fingerprint density at radius 2 is 0.915 bits per heavy atom. The van der Waals surface area contributed by atoms with Crippen LogP contribution >= 0.6 is 7.82 Å². The van der Waals surface area contributed by atoms with E-state index in [-0.39, 0.29) is 32.1 Å². The summed E-state index contributed by atoms with van der Waals surface area (Å²) < 4.78 is 27.0. The summed E-state index contributed by atoms with van der Waals surface area (Å²) in [5.74, 6) is -0.514. The van der Waals surface area contributed by atoms with Gasteiger partial charge in [-0.15, -0.1) is 0 Å². The highest BCUT2D eigenvalue weighted by Crippen LogP contribution is 2.42. The van der Waals surface area contributed by atoms with E-state index in [1.807, 2.05) is 0 Å². The number of aliphatic hydroxyl groups excluding tert-OH is 1. The summed E-state index contributed by atoms with van der Waals surface area (Å²) in [5, 5.41) is 12.7. The third-order valence-electron chi connectivity index (χ3n) is 10.9. The number of ether oxygens (including phenoxy) is 1. The lowest BCUT2D eigenvalue weighted by atomic mass is 10.0. The lowest BCUT2D eigenvalue weighted by Crippen LogP contribution is -2.27. The van der Waals surface area contributed by atoms with Crippen LogP contribution in [0, 0.1) is 0 Å². The fourth-order valence-corrected chi connectivity index (χ4v) is 7.88. The molecule has 59 heavy (non-hydrogen) atoms. The van der Waals surface area contributed by atoms with Crippen LogP contribution < -0.4 is 5.32 Å². The second-order valence-electron chi connectivity index (χ2n) is 16.8.